The zero-order valence-corrected chi connectivity index (χ0v) is 17.0. The second-order valence-corrected chi connectivity index (χ2v) is 8.39. The van der Waals surface area contributed by atoms with Crippen molar-refractivity contribution in [2.45, 2.75) is 63.8 Å². The van der Waals surface area contributed by atoms with Gasteiger partial charge in [0, 0.05) is 19.1 Å². The maximum atomic E-state index is 12.1. The first kappa shape index (κ1) is 20.8. The number of nitrogens with one attached hydrogen (secondary N) is 2. The number of piperidine rings is 1. The number of likely N-dealkylation sites (tertiary alicyclic amines) is 1. The molecule has 2 N–H and O–H groups in total. The van der Waals surface area contributed by atoms with Crippen LogP contribution in [-0.4, -0.2) is 48.9 Å². The minimum atomic E-state index is -0.462. The monoisotopic (exact) mass is 385 g/mol. The number of hydrogen-bond donors (Lipinski definition) is 2. The van der Waals surface area contributed by atoms with E-state index in [0.29, 0.717) is 12.5 Å². The van der Waals surface area contributed by atoms with Crippen molar-refractivity contribution >= 4 is 11.8 Å². The lowest BCUT2D eigenvalue weighted by Crippen LogP contribution is -2.46. The Hall–Kier alpha value is -1.88. The van der Waals surface area contributed by atoms with Gasteiger partial charge < -0.3 is 15.5 Å². The van der Waals surface area contributed by atoms with E-state index >= 15 is 0 Å². The molecule has 2 fully saturated rings. The highest BCUT2D eigenvalue weighted by Crippen LogP contribution is 2.18. The third kappa shape index (κ3) is 6.93. The Bertz CT molecular complexity index is 604. The molecule has 5 heteroatoms. The van der Waals surface area contributed by atoms with Gasteiger partial charge in [0.15, 0.2) is 0 Å². The highest BCUT2D eigenvalue weighted by atomic mass is 16.2. The standard InChI is InChI=1S/C23H35N3O2/c27-22(23(28)25-21-10-6-1-2-7-11-21)24-18-20-13-16-26(17-14-20)15-12-19-8-4-3-5-9-19/h3-5,8-9,20-21H,1-2,6-7,10-18H2,(H,24,27)(H,25,28). The Balaban J connectivity index is 1.30. The van der Waals surface area contributed by atoms with Gasteiger partial charge in [-0.15, -0.1) is 0 Å². The highest BCUT2D eigenvalue weighted by Gasteiger charge is 2.23. The van der Waals surface area contributed by atoms with Gasteiger partial charge in [0.2, 0.25) is 0 Å². The van der Waals surface area contributed by atoms with Gasteiger partial charge in [-0.3, -0.25) is 9.59 Å². The van der Waals surface area contributed by atoms with Crippen molar-refractivity contribution in [2.24, 2.45) is 5.92 Å². The molecule has 0 aromatic heterocycles. The van der Waals surface area contributed by atoms with E-state index in [1.54, 1.807) is 0 Å². The number of rotatable bonds is 6. The maximum absolute atomic E-state index is 12.1. The number of amides is 2. The Morgan fingerprint density at radius 3 is 2.25 bits per heavy atom. The Morgan fingerprint density at radius 1 is 0.893 bits per heavy atom. The Labute approximate surface area is 169 Å². The molecule has 1 aliphatic heterocycles. The summed E-state index contributed by atoms with van der Waals surface area (Å²) in [6.45, 7) is 3.85. The summed E-state index contributed by atoms with van der Waals surface area (Å²) in [6.07, 6.45) is 10.0. The fourth-order valence-corrected chi connectivity index (χ4v) is 4.34. The zero-order chi connectivity index (χ0) is 19.6. The van der Waals surface area contributed by atoms with Crippen LogP contribution in [0.1, 0.15) is 56.9 Å². The van der Waals surface area contributed by atoms with Crippen LogP contribution in [-0.2, 0) is 16.0 Å². The predicted molar refractivity (Wildman–Crippen MR) is 112 cm³/mol. The number of carbonyl (C=O) groups excluding carboxylic acids is 2. The van der Waals surface area contributed by atoms with Gasteiger partial charge in [-0.2, -0.15) is 0 Å². The molecule has 1 aromatic carbocycles. The minimum absolute atomic E-state index is 0.175. The zero-order valence-electron chi connectivity index (χ0n) is 17.0. The second-order valence-electron chi connectivity index (χ2n) is 8.39. The van der Waals surface area contributed by atoms with E-state index in [9.17, 15) is 9.59 Å². The van der Waals surface area contributed by atoms with Crippen LogP contribution in [0.5, 0.6) is 0 Å². The first-order chi connectivity index (χ1) is 13.7. The molecule has 1 saturated heterocycles. The summed E-state index contributed by atoms with van der Waals surface area (Å²) in [5.41, 5.74) is 1.39. The quantitative estimate of drug-likeness (QED) is 0.585. The minimum Gasteiger partial charge on any atom is -0.348 e. The van der Waals surface area contributed by atoms with Gasteiger partial charge in [-0.1, -0.05) is 56.0 Å². The van der Waals surface area contributed by atoms with Crippen molar-refractivity contribution in [1.29, 1.82) is 0 Å². The summed E-state index contributed by atoms with van der Waals surface area (Å²) in [4.78, 5) is 26.8. The summed E-state index contributed by atoms with van der Waals surface area (Å²) >= 11 is 0. The van der Waals surface area contributed by atoms with Crippen molar-refractivity contribution in [3.05, 3.63) is 35.9 Å². The van der Waals surface area contributed by atoms with E-state index in [1.807, 2.05) is 0 Å². The summed E-state index contributed by atoms with van der Waals surface area (Å²) in [7, 11) is 0. The fraction of sp³-hybridized carbons (Fsp3) is 0.652. The molecule has 1 saturated carbocycles. The first-order valence-corrected chi connectivity index (χ1v) is 11.1. The van der Waals surface area contributed by atoms with Crippen molar-refractivity contribution in [3.63, 3.8) is 0 Å². The largest absolute Gasteiger partial charge is 0.348 e. The van der Waals surface area contributed by atoms with Gasteiger partial charge in [-0.05, 0) is 56.7 Å². The number of hydrogen-bond acceptors (Lipinski definition) is 3. The van der Waals surface area contributed by atoms with Gasteiger partial charge in [-0.25, -0.2) is 0 Å². The molecule has 0 bridgehead atoms. The summed E-state index contributed by atoms with van der Waals surface area (Å²) in [5, 5.41) is 5.79. The van der Waals surface area contributed by atoms with Crippen LogP contribution >= 0.6 is 0 Å². The molecule has 1 heterocycles. The molecule has 28 heavy (non-hydrogen) atoms. The molecule has 1 aromatic rings. The molecule has 0 unspecified atom stereocenters. The number of carbonyl (C=O) groups is 2. The third-order valence-electron chi connectivity index (χ3n) is 6.21. The van der Waals surface area contributed by atoms with Gasteiger partial charge in [0.25, 0.3) is 0 Å². The van der Waals surface area contributed by atoms with E-state index in [1.165, 1.54) is 18.4 Å². The first-order valence-electron chi connectivity index (χ1n) is 11.1. The van der Waals surface area contributed by atoms with Crippen LogP contribution in [0.25, 0.3) is 0 Å². The van der Waals surface area contributed by atoms with Gasteiger partial charge >= 0.3 is 11.8 Å². The SMILES string of the molecule is O=C(NCC1CCN(CCc2ccccc2)CC1)C(=O)NC1CCCCCC1. The molecule has 2 aliphatic rings. The number of benzene rings is 1. The van der Waals surface area contributed by atoms with Crippen LogP contribution in [0.2, 0.25) is 0 Å². The van der Waals surface area contributed by atoms with Crippen LogP contribution in [0.15, 0.2) is 30.3 Å². The molecular weight excluding hydrogens is 350 g/mol. The molecule has 0 spiro atoms. The number of nitrogens with zero attached hydrogens (tertiary/aromatic N) is 1. The lowest BCUT2D eigenvalue weighted by atomic mass is 9.96. The Morgan fingerprint density at radius 2 is 1.57 bits per heavy atom. The molecule has 3 rings (SSSR count). The summed E-state index contributed by atoms with van der Waals surface area (Å²) in [5.74, 6) is -0.439. The molecule has 154 valence electrons. The average molecular weight is 386 g/mol. The topological polar surface area (TPSA) is 61.4 Å². The predicted octanol–water partition coefficient (Wildman–Crippen LogP) is 2.90. The lowest BCUT2D eigenvalue weighted by molar-refractivity contribution is -0.139. The van der Waals surface area contributed by atoms with Crippen LogP contribution in [0, 0.1) is 5.92 Å². The van der Waals surface area contributed by atoms with Crippen molar-refractivity contribution in [3.8, 4) is 0 Å². The second kappa shape index (κ2) is 11.2. The van der Waals surface area contributed by atoms with E-state index in [2.05, 4.69) is 45.9 Å². The van der Waals surface area contributed by atoms with E-state index in [-0.39, 0.29) is 6.04 Å². The van der Waals surface area contributed by atoms with Crippen molar-refractivity contribution in [2.75, 3.05) is 26.2 Å². The van der Waals surface area contributed by atoms with Crippen molar-refractivity contribution < 1.29 is 9.59 Å². The van der Waals surface area contributed by atoms with Gasteiger partial charge in [0.1, 0.15) is 0 Å². The summed E-state index contributed by atoms with van der Waals surface area (Å²) < 4.78 is 0. The molecule has 0 radical (unpaired) electrons. The van der Waals surface area contributed by atoms with Crippen LogP contribution < -0.4 is 10.6 Å². The lowest BCUT2D eigenvalue weighted by Gasteiger charge is -2.32. The smallest absolute Gasteiger partial charge is 0.309 e. The summed E-state index contributed by atoms with van der Waals surface area (Å²) in [6, 6.07) is 10.8. The fourth-order valence-electron chi connectivity index (χ4n) is 4.34. The third-order valence-corrected chi connectivity index (χ3v) is 6.21. The van der Waals surface area contributed by atoms with Gasteiger partial charge in [0.05, 0.1) is 0 Å². The van der Waals surface area contributed by atoms with E-state index in [0.717, 1.165) is 64.6 Å². The molecule has 5 nitrogen and oxygen atoms in total. The molecule has 2 amide bonds. The van der Waals surface area contributed by atoms with Crippen LogP contribution in [0.3, 0.4) is 0 Å². The van der Waals surface area contributed by atoms with E-state index < -0.39 is 11.8 Å². The maximum Gasteiger partial charge on any atom is 0.309 e. The molecular formula is C23H35N3O2. The molecule has 0 atom stereocenters. The van der Waals surface area contributed by atoms with Crippen LogP contribution in [0.4, 0.5) is 0 Å². The highest BCUT2D eigenvalue weighted by molar-refractivity contribution is 6.35. The average Bonchev–Trinajstić information content (AvgIpc) is 3.00. The van der Waals surface area contributed by atoms with E-state index in [4.69, 9.17) is 0 Å². The molecule has 1 aliphatic carbocycles. The normalized spacial score (nSPS) is 19.7. The Kier molecular flexibility index (Phi) is 8.34. The van der Waals surface area contributed by atoms with Crippen molar-refractivity contribution in [1.82, 2.24) is 15.5 Å².